The van der Waals surface area contributed by atoms with Crippen LogP contribution >= 0.6 is 11.6 Å². The Morgan fingerprint density at radius 1 is 1.61 bits per heavy atom. The van der Waals surface area contributed by atoms with Gasteiger partial charge in [0.2, 0.25) is 0 Å². The van der Waals surface area contributed by atoms with Gasteiger partial charge in [0, 0.05) is 13.7 Å². The van der Waals surface area contributed by atoms with Gasteiger partial charge >= 0.3 is 0 Å². The highest BCUT2D eigenvalue weighted by Crippen LogP contribution is 2.30. The zero-order chi connectivity index (χ0) is 13.7. The molecule has 0 saturated carbocycles. The summed E-state index contributed by atoms with van der Waals surface area (Å²) in [5.74, 6) is -0.641. The summed E-state index contributed by atoms with van der Waals surface area (Å²) in [6.07, 6.45) is 0. The third-order valence-electron chi connectivity index (χ3n) is 2.33. The molecule has 0 bridgehead atoms. The number of ether oxygens (including phenoxy) is 1. The Bertz CT molecular complexity index is 443. The number of hydrogen-bond acceptors (Lipinski definition) is 4. The third kappa shape index (κ3) is 3.82. The second-order valence-electron chi connectivity index (χ2n) is 3.98. The third-order valence-corrected chi connectivity index (χ3v) is 2.62. The van der Waals surface area contributed by atoms with Crippen molar-refractivity contribution in [3.63, 3.8) is 0 Å². The van der Waals surface area contributed by atoms with Gasteiger partial charge < -0.3 is 10.1 Å². The van der Waals surface area contributed by atoms with E-state index in [2.05, 4.69) is 5.32 Å². The molecule has 0 fully saturated rings. The fraction of sp³-hybridized carbons (Fsp3) is 0.455. The van der Waals surface area contributed by atoms with E-state index in [0.29, 0.717) is 13.2 Å². The van der Waals surface area contributed by atoms with Crippen LogP contribution in [-0.4, -0.2) is 25.2 Å². The Balaban J connectivity index is 2.86. The van der Waals surface area contributed by atoms with Crippen LogP contribution in [0.5, 0.6) is 0 Å². The molecule has 1 atom stereocenters. The number of nitro groups is 1. The van der Waals surface area contributed by atoms with Crippen LogP contribution in [-0.2, 0) is 4.74 Å². The molecule has 0 aliphatic rings. The summed E-state index contributed by atoms with van der Waals surface area (Å²) in [6.45, 7) is 2.92. The van der Waals surface area contributed by atoms with Crippen molar-refractivity contribution in [2.75, 3.05) is 25.6 Å². The van der Waals surface area contributed by atoms with Crippen LogP contribution < -0.4 is 5.32 Å². The lowest BCUT2D eigenvalue weighted by molar-refractivity contribution is -0.384. The van der Waals surface area contributed by atoms with Crippen molar-refractivity contribution in [3.05, 3.63) is 33.1 Å². The molecule has 0 saturated heterocycles. The maximum Gasteiger partial charge on any atom is 0.295 e. The standard InChI is InChI=1S/C11H14ClFN2O3/c1-7(6-18-2)5-14-10-3-8(12)9(13)4-11(10)15(16)17/h3-4,7,14H,5-6H2,1-2H3. The Hall–Kier alpha value is -1.40. The summed E-state index contributed by atoms with van der Waals surface area (Å²) in [4.78, 5) is 10.1. The first-order valence-corrected chi connectivity index (χ1v) is 5.69. The van der Waals surface area contributed by atoms with Gasteiger partial charge in [0.15, 0.2) is 0 Å². The van der Waals surface area contributed by atoms with Gasteiger partial charge in [-0.2, -0.15) is 0 Å². The van der Waals surface area contributed by atoms with Gasteiger partial charge in [-0.1, -0.05) is 18.5 Å². The van der Waals surface area contributed by atoms with Gasteiger partial charge in [0.05, 0.1) is 22.6 Å². The van der Waals surface area contributed by atoms with Gasteiger partial charge in [-0.05, 0) is 12.0 Å². The molecule has 1 rings (SSSR count). The summed E-state index contributed by atoms with van der Waals surface area (Å²) < 4.78 is 18.1. The molecule has 0 aliphatic carbocycles. The fourth-order valence-corrected chi connectivity index (χ4v) is 1.62. The van der Waals surface area contributed by atoms with Gasteiger partial charge in [-0.25, -0.2) is 4.39 Å². The number of nitrogens with one attached hydrogen (secondary N) is 1. The molecular weight excluding hydrogens is 263 g/mol. The second-order valence-corrected chi connectivity index (χ2v) is 4.39. The number of rotatable bonds is 6. The highest BCUT2D eigenvalue weighted by molar-refractivity contribution is 6.31. The van der Waals surface area contributed by atoms with Crippen LogP contribution in [0, 0.1) is 21.8 Å². The molecule has 1 unspecified atom stereocenters. The minimum Gasteiger partial charge on any atom is -0.384 e. The maximum absolute atomic E-state index is 13.2. The largest absolute Gasteiger partial charge is 0.384 e. The first kappa shape index (κ1) is 14.7. The highest BCUT2D eigenvalue weighted by Gasteiger charge is 2.18. The molecule has 0 aliphatic heterocycles. The van der Waals surface area contributed by atoms with Crippen molar-refractivity contribution in [1.82, 2.24) is 0 Å². The summed E-state index contributed by atoms with van der Waals surface area (Å²) in [6, 6.07) is 2.03. The van der Waals surface area contributed by atoms with Gasteiger partial charge in [-0.15, -0.1) is 0 Å². The summed E-state index contributed by atoms with van der Waals surface area (Å²) in [7, 11) is 1.58. The number of methoxy groups -OCH3 is 1. The number of nitrogens with zero attached hydrogens (tertiary/aromatic N) is 1. The molecule has 5 nitrogen and oxygen atoms in total. The van der Waals surface area contributed by atoms with Crippen LogP contribution in [0.15, 0.2) is 12.1 Å². The molecule has 18 heavy (non-hydrogen) atoms. The van der Waals surface area contributed by atoms with Gasteiger partial charge in [-0.3, -0.25) is 10.1 Å². The van der Waals surface area contributed by atoms with Crippen LogP contribution in [0.3, 0.4) is 0 Å². The lowest BCUT2D eigenvalue weighted by atomic mass is 10.2. The first-order chi connectivity index (χ1) is 8.45. The van der Waals surface area contributed by atoms with Crippen LogP contribution in [0.2, 0.25) is 5.02 Å². The van der Waals surface area contributed by atoms with E-state index < -0.39 is 10.7 Å². The topological polar surface area (TPSA) is 64.4 Å². The lowest BCUT2D eigenvalue weighted by Crippen LogP contribution is -2.16. The predicted molar refractivity (Wildman–Crippen MR) is 67.6 cm³/mol. The number of benzene rings is 1. The van der Waals surface area contributed by atoms with Crippen molar-refractivity contribution in [2.24, 2.45) is 5.92 Å². The van der Waals surface area contributed by atoms with Crippen molar-refractivity contribution in [1.29, 1.82) is 0 Å². The quantitative estimate of drug-likeness (QED) is 0.640. The zero-order valence-electron chi connectivity index (χ0n) is 10.1. The number of hydrogen-bond donors (Lipinski definition) is 1. The molecule has 0 spiro atoms. The Morgan fingerprint density at radius 2 is 2.28 bits per heavy atom. The van der Waals surface area contributed by atoms with Crippen LogP contribution in [0.25, 0.3) is 0 Å². The molecule has 100 valence electrons. The van der Waals surface area contributed by atoms with E-state index in [-0.39, 0.29) is 22.3 Å². The van der Waals surface area contributed by atoms with Gasteiger partial charge in [0.25, 0.3) is 5.69 Å². The molecule has 0 amide bonds. The SMILES string of the molecule is COCC(C)CNc1cc(Cl)c(F)cc1[N+](=O)[O-]. The van der Waals surface area contributed by atoms with Crippen molar-refractivity contribution >= 4 is 23.0 Å². The molecule has 1 aromatic rings. The zero-order valence-corrected chi connectivity index (χ0v) is 10.8. The fourth-order valence-electron chi connectivity index (χ4n) is 1.46. The second kappa shape index (κ2) is 6.51. The van der Waals surface area contributed by atoms with Crippen molar-refractivity contribution < 1.29 is 14.1 Å². The lowest BCUT2D eigenvalue weighted by Gasteiger charge is -2.13. The summed E-state index contributed by atoms with van der Waals surface area (Å²) in [5.41, 5.74) is -0.129. The number of nitro benzene ring substituents is 1. The van der Waals surface area contributed by atoms with E-state index in [9.17, 15) is 14.5 Å². The van der Waals surface area contributed by atoms with E-state index in [1.165, 1.54) is 6.07 Å². The van der Waals surface area contributed by atoms with Crippen molar-refractivity contribution in [3.8, 4) is 0 Å². The molecule has 0 aromatic heterocycles. The minimum atomic E-state index is -0.807. The Morgan fingerprint density at radius 3 is 2.83 bits per heavy atom. The Labute approximate surface area is 109 Å². The maximum atomic E-state index is 13.2. The molecule has 0 heterocycles. The first-order valence-electron chi connectivity index (χ1n) is 5.32. The monoisotopic (exact) mass is 276 g/mol. The van der Waals surface area contributed by atoms with Crippen molar-refractivity contribution in [2.45, 2.75) is 6.92 Å². The number of anilines is 1. The van der Waals surface area contributed by atoms with E-state index >= 15 is 0 Å². The smallest absolute Gasteiger partial charge is 0.295 e. The number of halogens is 2. The van der Waals surface area contributed by atoms with E-state index in [1.54, 1.807) is 7.11 Å². The molecule has 7 heteroatoms. The molecule has 1 aromatic carbocycles. The molecule has 0 radical (unpaired) electrons. The average Bonchev–Trinajstić information content (AvgIpc) is 2.30. The van der Waals surface area contributed by atoms with E-state index in [0.717, 1.165) is 6.07 Å². The van der Waals surface area contributed by atoms with E-state index in [1.807, 2.05) is 6.92 Å². The Kier molecular flexibility index (Phi) is 5.30. The molecule has 1 N–H and O–H groups in total. The van der Waals surface area contributed by atoms with Crippen LogP contribution in [0.1, 0.15) is 6.92 Å². The summed E-state index contributed by atoms with van der Waals surface area (Å²) >= 11 is 5.60. The van der Waals surface area contributed by atoms with Gasteiger partial charge in [0.1, 0.15) is 11.5 Å². The predicted octanol–water partition coefficient (Wildman–Crippen LogP) is 3.08. The summed E-state index contributed by atoms with van der Waals surface area (Å²) in [5, 5.41) is 13.5. The van der Waals surface area contributed by atoms with E-state index in [4.69, 9.17) is 16.3 Å². The highest BCUT2D eigenvalue weighted by atomic mass is 35.5. The minimum absolute atomic E-state index is 0.150. The average molecular weight is 277 g/mol. The normalized spacial score (nSPS) is 12.2. The van der Waals surface area contributed by atoms with Crippen LogP contribution in [0.4, 0.5) is 15.8 Å². The molecular formula is C11H14ClFN2O3.